The van der Waals surface area contributed by atoms with E-state index in [4.69, 9.17) is 9.47 Å². The van der Waals surface area contributed by atoms with Gasteiger partial charge in [-0.15, -0.1) is 0 Å². The number of nitrogens with one attached hydrogen (secondary N) is 1. The Labute approximate surface area is 92.3 Å². The Balaban J connectivity index is 3.84. The van der Waals surface area contributed by atoms with Crippen molar-refractivity contribution in [1.29, 1.82) is 0 Å². The number of hydrogen-bond donors (Lipinski definition) is 1. The molecule has 0 aliphatic heterocycles. The van der Waals surface area contributed by atoms with Gasteiger partial charge in [0.25, 0.3) is 0 Å². The standard InChI is InChI=1S/C11H23NO3/c1-8(2)6-7-10(13)12-9(3)11(14-4)15-5/h8-9,11H,6-7H2,1-5H3,(H,12,13). The molecule has 0 bridgehead atoms. The van der Waals surface area contributed by atoms with Gasteiger partial charge in [-0.1, -0.05) is 13.8 Å². The van der Waals surface area contributed by atoms with Crippen LogP contribution in [0.1, 0.15) is 33.6 Å². The molecular formula is C11H23NO3. The first-order valence-electron chi connectivity index (χ1n) is 5.36. The van der Waals surface area contributed by atoms with Gasteiger partial charge in [0.05, 0.1) is 6.04 Å². The van der Waals surface area contributed by atoms with Crippen molar-refractivity contribution in [2.45, 2.75) is 45.9 Å². The normalized spacial score (nSPS) is 13.3. The van der Waals surface area contributed by atoms with E-state index >= 15 is 0 Å². The molecule has 0 rings (SSSR count). The fourth-order valence-electron chi connectivity index (χ4n) is 1.32. The van der Waals surface area contributed by atoms with Gasteiger partial charge < -0.3 is 14.8 Å². The van der Waals surface area contributed by atoms with Crippen molar-refractivity contribution in [2.75, 3.05) is 14.2 Å². The Hall–Kier alpha value is -0.610. The van der Waals surface area contributed by atoms with Crippen LogP contribution in [0.5, 0.6) is 0 Å². The van der Waals surface area contributed by atoms with Crippen LogP contribution in [0.15, 0.2) is 0 Å². The van der Waals surface area contributed by atoms with Gasteiger partial charge in [0.1, 0.15) is 0 Å². The second kappa shape index (κ2) is 7.65. The van der Waals surface area contributed by atoms with Gasteiger partial charge in [0.2, 0.25) is 5.91 Å². The van der Waals surface area contributed by atoms with Crippen molar-refractivity contribution in [3.8, 4) is 0 Å². The number of carbonyl (C=O) groups is 1. The fourth-order valence-corrected chi connectivity index (χ4v) is 1.32. The molecule has 0 aromatic carbocycles. The van der Waals surface area contributed by atoms with Crippen LogP contribution in [-0.4, -0.2) is 32.5 Å². The molecule has 0 fully saturated rings. The average molecular weight is 217 g/mol. The third-order valence-electron chi connectivity index (χ3n) is 2.21. The quantitative estimate of drug-likeness (QED) is 0.658. The molecule has 90 valence electrons. The van der Waals surface area contributed by atoms with Gasteiger partial charge in [-0.3, -0.25) is 4.79 Å². The summed E-state index contributed by atoms with van der Waals surface area (Å²) >= 11 is 0. The molecule has 0 saturated carbocycles. The van der Waals surface area contributed by atoms with Crippen LogP contribution in [0.25, 0.3) is 0 Å². The van der Waals surface area contributed by atoms with Gasteiger partial charge in [-0.2, -0.15) is 0 Å². The lowest BCUT2D eigenvalue weighted by Crippen LogP contribution is -2.42. The van der Waals surface area contributed by atoms with E-state index in [1.165, 1.54) is 0 Å². The van der Waals surface area contributed by atoms with Crippen molar-refractivity contribution < 1.29 is 14.3 Å². The molecule has 15 heavy (non-hydrogen) atoms. The SMILES string of the molecule is COC(OC)C(C)NC(=O)CCC(C)C. The second-order valence-corrected chi connectivity index (χ2v) is 4.13. The summed E-state index contributed by atoms with van der Waals surface area (Å²) in [5.41, 5.74) is 0. The number of rotatable bonds is 7. The Morgan fingerprint density at radius 3 is 2.13 bits per heavy atom. The van der Waals surface area contributed by atoms with Gasteiger partial charge in [0.15, 0.2) is 6.29 Å². The summed E-state index contributed by atoms with van der Waals surface area (Å²) in [7, 11) is 3.12. The summed E-state index contributed by atoms with van der Waals surface area (Å²) in [6.07, 6.45) is 1.08. The maximum atomic E-state index is 11.5. The van der Waals surface area contributed by atoms with Gasteiger partial charge in [-0.25, -0.2) is 0 Å². The Morgan fingerprint density at radius 1 is 1.20 bits per heavy atom. The fraction of sp³-hybridized carbons (Fsp3) is 0.909. The van der Waals surface area contributed by atoms with Gasteiger partial charge in [0, 0.05) is 20.6 Å². The van der Waals surface area contributed by atoms with Crippen LogP contribution in [-0.2, 0) is 14.3 Å². The molecule has 0 aromatic heterocycles. The zero-order chi connectivity index (χ0) is 11.8. The van der Waals surface area contributed by atoms with Crippen LogP contribution < -0.4 is 5.32 Å². The highest BCUT2D eigenvalue weighted by Crippen LogP contribution is 2.04. The minimum absolute atomic E-state index is 0.0512. The molecule has 0 heterocycles. The van der Waals surface area contributed by atoms with Crippen LogP contribution in [0.3, 0.4) is 0 Å². The molecule has 0 spiro atoms. The minimum atomic E-state index is -0.381. The lowest BCUT2D eigenvalue weighted by Gasteiger charge is -2.22. The van der Waals surface area contributed by atoms with Crippen molar-refractivity contribution in [2.24, 2.45) is 5.92 Å². The number of hydrogen-bond acceptors (Lipinski definition) is 3. The second-order valence-electron chi connectivity index (χ2n) is 4.13. The van der Waals surface area contributed by atoms with E-state index in [0.29, 0.717) is 12.3 Å². The lowest BCUT2D eigenvalue weighted by atomic mass is 10.1. The van der Waals surface area contributed by atoms with E-state index in [0.717, 1.165) is 6.42 Å². The molecule has 4 nitrogen and oxygen atoms in total. The van der Waals surface area contributed by atoms with E-state index in [1.54, 1.807) is 14.2 Å². The Bertz CT molecular complexity index is 179. The maximum absolute atomic E-state index is 11.5. The molecule has 1 N–H and O–H groups in total. The smallest absolute Gasteiger partial charge is 0.220 e. The van der Waals surface area contributed by atoms with Crippen LogP contribution in [0.2, 0.25) is 0 Å². The van der Waals surface area contributed by atoms with Crippen LogP contribution >= 0.6 is 0 Å². The molecule has 1 atom stereocenters. The molecule has 1 amide bonds. The zero-order valence-corrected chi connectivity index (χ0v) is 10.4. The molecule has 1 unspecified atom stereocenters. The number of amides is 1. The van der Waals surface area contributed by atoms with Crippen LogP contribution in [0.4, 0.5) is 0 Å². The van der Waals surface area contributed by atoms with Crippen molar-refractivity contribution in [3.63, 3.8) is 0 Å². The highest BCUT2D eigenvalue weighted by Gasteiger charge is 2.17. The molecular weight excluding hydrogens is 194 g/mol. The van der Waals surface area contributed by atoms with E-state index in [1.807, 2.05) is 6.92 Å². The maximum Gasteiger partial charge on any atom is 0.220 e. The summed E-state index contributed by atoms with van der Waals surface area (Å²) < 4.78 is 10.1. The summed E-state index contributed by atoms with van der Waals surface area (Å²) in [5.74, 6) is 0.599. The molecule has 0 aliphatic carbocycles. The summed E-state index contributed by atoms with van der Waals surface area (Å²) in [4.78, 5) is 11.5. The molecule has 4 heteroatoms. The Kier molecular flexibility index (Phi) is 7.34. The monoisotopic (exact) mass is 217 g/mol. The van der Waals surface area contributed by atoms with Crippen LogP contribution in [0, 0.1) is 5.92 Å². The highest BCUT2D eigenvalue weighted by molar-refractivity contribution is 5.76. The van der Waals surface area contributed by atoms with E-state index < -0.39 is 0 Å². The average Bonchev–Trinajstić information content (AvgIpc) is 2.16. The highest BCUT2D eigenvalue weighted by atomic mass is 16.7. The summed E-state index contributed by atoms with van der Waals surface area (Å²) in [5, 5.41) is 2.85. The molecule has 0 radical (unpaired) electrons. The predicted molar refractivity (Wildman–Crippen MR) is 59.5 cm³/mol. The summed E-state index contributed by atoms with van der Waals surface area (Å²) in [6, 6.07) is -0.125. The molecule has 0 aromatic rings. The van der Waals surface area contributed by atoms with Crippen molar-refractivity contribution in [3.05, 3.63) is 0 Å². The number of ether oxygens (including phenoxy) is 2. The largest absolute Gasteiger partial charge is 0.354 e. The van der Waals surface area contributed by atoms with Crippen molar-refractivity contribution in [1.82, 2.24) is 5.32 Å². The van der Waals surface area contributed by atoms with Crippen molar-refractivity contribution >= 4 is 5.91 Å². The lowest BCUT2D eigenvalue weighted by molar-refractivity contribution is -0.136. The van der Waals surface area contributed by atoms with Gasteiger partial charge in [-0.05, 0) is 19.3 Å². The zero-order valence-electron chi connectivity index (χ0n) is 10.4. The number of methoxy groups -OCH3 is 2. The summed E-state index contributed by atoms with van der Waals surface area (Å²) in [6.45, 7) is 6.07. The van der Waals surface area contributed by atoms with Gasteiger partial charge >= 0.3 is 0 Å². The first kappa shape index (κ1) is 14.4. The number of carbonyl (C=O) groups excluding carboxylic acids is 1. The third-order valence-corrected chi connectivity index (χ3v) is 2.21. The predicted octanol–water partition coefficient (Wildman–Crippen LogP) is 1.55. The van der Waals surface area contributed by atoms with E-state index in [9.17, 15) is 4.79 Å². The first-order chi connectivity index (χ1) is 7.01. The van der Waals surface area contributed by atoms with E-state index in [-0.39, 0.29) is 18.2 Å². The third kappa shape index (κ3) is 6.47. The topological polar surface area (TPSA) is 47.6 Å². The van der Waals surface area contributed by atoms with E-state index in [2.05, 4.69) is 19.2 Å². The molecule has 0 saturated heterocycles. The minimum Gasteiger partial charge on any atom is -0.354 e. The first-order valence-corrected chi connectivity index (χ1v) is 5.36. The Morgan fingerprint density at radius 2 is 1.73 bits per heavy atom. The molecule has 0 aliphatic rings.